The van der Waals surface area contributed by atoms with Gasteiger partial charge in [-0.1, -0.05) is 18.3 Å². The van der Waals surface area contributed by atoms with Crippen molar-refractivity contribution in [1.82, 2.24) is 4.57 Å². The number of thiazole rings is 1. The lowest BCUT2D eigenvalue weighted by atomic mass is 10.1. The summed E-state index contributed by atoms with van der Waals surface area (Å²) >= 11 is 1.09. The molecule has 0 saturated heterocycles. The minimum Gasteiger partial charge on any atom is -0.326 e. The van der Waals surface area contributed by atoms with Gasteiger partial charge in [0.2, 0.25) is 5.91 Å². The number of hydrogen-bond acceptors (Lipinski definition) is 3. The molecule has 0 bridgehead atoms. The van der Waals surface area contributed by atoms with Gasteiger partial charge in [0.05, 0.1) is 6.54 Å². The molecule has 0 spiro atoms. The Bertz CT molecular complexity index is 749. The van der Waals surface area contributed by atoms with Gasteiger partial charge in [0.25, 0.3) is 0 Å². The molecule has 0 aliphatic heterocycles. The van der Waals surface area contributed by atoms with E-state index in [0.717, 1.165) is 24.2 Å². The number of carbonyl (C=O) groups is 1. The highest BCUT2D eigenvalue weighted by Gasteiger charge is 2.32. The van der Waals surface area contributed by atoms with Gasteiger partial charge in [-0.25, -0.2) is 4.39 Å². The lowest BCUT2D eigenvalue weighted by molar-refractivity contribution is -0.119. The average Bonchev–Trinajstić information content (AvgIpc) is 3.26. The minimum atomic E-state index is -0.383. The molecule has 0 radical (unpaired) electrons. The molecule has 1 atom stereocenters. The van der Waals surface area contributed by atoms with Crippen molar-refractivity contribution in [1.29, 1.82) is 0 Å². The Balaban J connectivity index is 1.82. The Morgan fingerprint density at radius 1 is 1.50 bits per heavy atom. The Hall–Kier alpha value is -1.95. The summed E-state index contributed by atoms with van der Waals surface area (Å²) in [6, 6.07) is 4.23. The zero-order valence-electron chi connectivity index (χ0n) is 12.2. The second kappa shape index (κ2) is 6.04. The van der Waals surface area contributed by atoms with E-state index in [4.69, 9.17) is 0 Å². The summed E-state index contributed by atoms with van der Waals surface area (Å²) in [6.45, 7) is 2.16. The predicted molar refractivity (Wildman–Crippen MR) is 84.6 cm³/mol. The van der Waals surface area contributed by atoms with E-state index in [1.54, 1.807) is 17.6 Å². The van der Waals surface area contributed by atoms with Crippen molar-refractivity contribution in [2.75, 3.05) is 5.32 Å². The highest BCUT2D eigenvalue weighted by atomic mass is 32.1. The molecule has 1 saturated carbocycles. The van der Waals surface area contributed by atoms with Gasteiger partial charge in [-0.15, -0.1) is 0 Å². The molecule has 3 rings (SSSR count). The van der Waals surface area contributed by atoms with Crippen LogP contribution in [-0.4, -0.2) is 10.5 Å². The number of halogens is 1. The predicted octanol–water partition coefficient (Wildman–Crippen LogP) is 3.08. The van der Waals surface area contributed by atoms with E-state index in [2.05, 4.69) is 5.32 Å². The fraction of sp³-hybridized carbons (Fsp3) is 0.375. The summed E-state index contributed by atoms with van der Waals surface area (Å²) in [5.41, 5.74) is 1.16. The number of nitrogens with one attached hydrogen (secondary N) is 1. The van der Waals surface area contributed by atoms with Gasteiger partial charge in [-0.3, -0.25) is 9.59 Å². The number of hydrogen-bond donors (Lipinski definition) is 1. The van der Waals surface area contributed by atoms with E-state index in [1.165, 1.54) is 16.7 Å². The van der Waals surface area contributed by atoms with Crippen molar-refractivity contribution < 1.29 is 9.18 Å². The van der Waals surface area contributed by atoms with Gasteiger partial charge >= 0.3 is 4.87 Å². The molecule has 1 unspecified atom stereocenters. The van der Waals surface area contributed by atoms with Crippen LogP contribution in [-0.2, 0) is 11.3 Å². The van der Waals surface area contributed by atoms with Gasteiger partial charge in [0.15, 0.2) is 0 Å². The molecule has 116 valence electrons. The van der Waals surface area contributed by atoms with Crippen LogP contribution in [0.15, 0.2) is 34.6 Å². The van der Waals surface area contributed by atoms with Gasteiger partial charge in [0.1, 0.15) is 5.82 Å². The van der Waals surface area contributed by atoms with E-state index in [-0.39, 0.29) is 29.1 Å². The van der Waals surface area contributed by atoms with Crippen molar-refractivity contribution in [3.05, 3.63) is 50.8 Å². The van der Waals surface area contributed by atoms with Crippen LogP contribution in [0.3, 0.4) is 0 Å². The van der Waals surface area contributed by atoms with Gasteiger partial charge in [-0.2, -0.15) is 0 Å². The summed E-state index contributed by atoms with van der Waals surface area (Å²) < 4.78 is 15.0. The van der Waals surface area contributed by atoms with Crippen molar-refractivity contribution in [3.63, 3.8) is 0 Å². The Morgan fingerprint density at radius 2 is 2.27 bits per heavy atom. The smallest absolute Gasteiger partial charge is 0.307 e. The number of nitrogens with zero attached hydrogens (tertiary/aromatic N) is 1. The standard InChI is InChI=1S/C16H17FN2O2S/c1-10(11-2-3-11)15(20)18-14-5-4-13(17)8-12(14)9-19-6-7-22-16(19)21/h4-8,10-11H,2-3,9H2,1H3,(H,18,20). The molecule has 1 aromatic carbocycles. The molecule has 1 aliphatic rings. The van der Waals surface area contributed by atoms with Crippen molar-refractivity contribution >= 4 is 22.9 Å². The number of carbonyl (C=O) groups excluding carboxylic acids is 1. The van der Waals surface area contributed by atoms with Crippen molar-refractivity contribution in [3.8, 4) is 0 Å². The number of rotatable bonds is 5. The molecule has 1 heterocycles. The highest BCUT2D eigenvalue weighted by Crippen LogP contribution is 2.37. The summed E-state index contributed by atoms with van der Waals surface area (Å²) in [7, 11) is 0. The van der Waals surface area contributed by atoms with E-state index in [0.29, 0.717) is 17.2 Å². The number of aromatic nitrogens is 1. The molecular weight excluding hydrogens is 303 g/mol. The number of amides is 1. The topological polar surface area (TPSA) is 51.1 Å². The summed E-state index contributed by atoms with van der Waals surface area (Å²) in [5, 5.41) is 4.56. The average molecular weight is 320 g/mol. The maximum atomic E-state index is 13.5. The highest BCUT2D eigenvalue weighted by molar-refractivity contribution is 7.07. The third-order valence-electron chi connectivity index (χ3n) is 4.05. The molecule has 1 aromatic heterocycles. The Morgan fingerprint density at radius 3 is 2.91 bits per heavy atom. The normalized spacial score (nSPS) is 15.5. The van der Waals surface area contributed by atoms with Crippen LogP contribution in [0.1, 0.15) is 25.3 Å². The van der Waals surface area contributed by atoms with E-state index in [9.17, 15) is 14.0 Å². The van der Waals surface area contributed by atoms with Crippen LogP contribution >= 0.6 is 11.3 Å². The first-order valence-electron chi connectivity index (χ1n) is 7.28. The van der Waals surface area contributed by atoms with E-state index >= 15 is 0 Å². The zero-order chi connectivity index (χ0) is 15.7. The number of anilines is 1. The molecule has 1 N–H and O–H groups in total. The molecule has 1 fully saturated rings. The van der Waals surface area contributed by atoms with Crippen molar-refractivity contribution in [2.24, 2.45) is 11.8 Å². The third-order valence-corrected chi connectivity index (χ3v) is 4.75. The van der Waals surface area contributed by atoms with E-state index < -0.39 is 0 Å². The second-order valence-corrected chi connectivity index (χ2v) is 6.57. The van der Waals surface area contributed by atoms with Crippen molar-refractivity contribution in [2.45, 2.75) is 26.3 Å². The third kappa shape index (κ3) is 3.27. The molecule has 2 aromatic rings. The lowest BCUT2D eigenvalue weighted by Crippen LogP contribution is -2.23. The summed E-state index contributed by atoms with van der Waals surface area (Å²) in [5.74, 6) is -0.00953. The van der Waals surface area contributed by atoms with Crippen LogP contribution in [0, 0.1) is 17.7 Å². The fourth-order valence-electron chi connectivity index (χ4n) is 2.46. The molecule has 6 heteroatoms. The van der Waals surface area contributed by atoms with Crippen LogP contribution in [0.25, 0.3) is 0 Å². The Kier molecular flexibility index (Phi) is 4.11. The zero-order valence-corrected chi connectivity index (χ0v) is 13.0. The molecule has 1 aliphatic carbocycles. The van der Waals surface area contributed by atoms with Crippen LogP contribution in [0.2, 0.25) is 0 Å². The first-order chi connectivity index (χ1) is 10.5. The fourth-order valence-corrected chi connectivity index (χ4v) is 3.05. The van der Waals surface area contributed by atoms with Gasteiger partial charge in [0, 0.05) is 23.2 Å². The monoisotopic (exact) mass is 320 g/mol. The maximum Gasteiger partial charge on any atom is 0.307 e. The quantitative estimate of drug-likeness (QED) is 0.920. The minimum absolute atomic E-state index is 0.0400. The molecule has 22 heavy (non-hydrogen) atoms. The molecular formula is C16H17FN2O2S. The summed E-state index contributed by atoms with van der Waals surface area (Å²) in [4.78, 5) is 23.8. The van der Waals surface area contributed by atoms with Crippen LogP contribution in [0.5, 0.6) is 0 Å². The van der Waals surface area contributed by atoms with E-state index in [1.807, 2.05) is 6.92 Å². The Labute approximate surface area is 131 Å². The number of benzene rings is 1. The van der Waals surface area contributed by atoms with Crippen LogP contribution < -0.4 is 10.2 Å². The lowest BCUT2D eigenvalue weighted by Gasteiger charge is -2.15. The largest absolute Gasteiger partial charge is 0.326 e. The SMILES string of the molecule is CC(C(=O)Nc1ccc(F)cc1Cn1ccsc1=O)C1CC1. The maximum absolute atomic E-state index is 13.5. The summed E-state index contributed by atoms with van der Waals surface area (Å²) in [6.07, 6.45) is 3.85. The van der Waals surface area contributed by atoms with Crippen LogP contribution in [0.4, 0.5) is 10.1 Å². The first kappa shape index (κ1) is 15.0. The van der Waals surface area contributed by atoms with Gasteiger partial charge in [-0.05, 0) is 42.5 Å². The van der Waals surface area contributed by atoms with Gasteiger partial charge < -0.3 is 9.88 Å². The second-order valence-electron chi connectivity index (χ2n) is 5.71. The first-order valence-corrected chi connectivity index (χ1v) is 8.16. The molecule has 4 nitrogen and oxygen atoms in total. The molecule has 1 amide bonds.